The maximum Gasteiger partial charge on any atom is 0.322 e. The van der Waals surface area contributed by atoms with Crippen LogP contribution in [0.25, 0.3) is 0 Å². The van der Waals surface area contributed by atoms with Crippen LogP contribution in [0.4, 0.5) is 0 Å². The average molecular weight is 223 g/mol. The molecular formula is C12H17NO3. The summed E-state index contributed by atoms with van der Waals surface area (Å²) in [6.07, 6.45) is -0.0941. The molecule has 16 heavy (non-hydrogen) atoms. The van der Waals surface area contributed by atoms with Gasteiger partial charge in [0.15, 0.2) is 0 Å². The van der Waals surface area contributed by atoms with Gasteiger partial charge in [0.1, 0.15) is 6.54 Å². The number of hydroxylamine groups is 1. The van der Waals surface area contributed by atoms with Gasteiger partial charge in [0.2, 0.25) is 0 Å². The largest absolute Gasteiger partial charge is 0.462 e. The number of rotatable bonds is 6. The van der Waals surface area contributed by atoms with Crippen LogP contribution in [-0.4, -0.2) is 18.6 Å². The number of nitrogens with one attached hydrogen (secondary N) is 1. The summed E-state index contributed by atoms with van der Waals surface area (Å²) < 4.78 is 4.92. The minimum Gasteiger partial charge on any atom is -0.462 e. The predicted molar refractivity (Wildman–Crippen MR) is 60.5 cm³/mol. The second-order valence-corrected chi connectivity index (χ2v) is 3.63. The van der Waals surface area contributed by atoms with E-state index in [9.17, 15) is 4.79 Å². The Kier molecular flexibility index (Phi) is 5.53. The number of benzene rings is 1. The predicted octanol–water partition coefficient (Wildman–Crippen LogP) is 1.66. The zero-order valence-corrected chi connectivity index (χ0v) is 9.60. The van der Waals surface area contributed by atoms with Crippen molar-refractivity contribution >= 4 is 5.97 Å². The molecule has 1 aromatic rings. The number of hydrogen-bond donors (Lipinski definition) is 1. The van der Waals surface area contributed by atoms with Crippen LogP contribution in [0.3, 0.4) is 0 Å². The highest BCUT2D eigenvalue weighted by Crippen LogP contribution is 1.98. The molecule has 0 atom stereocenters. The highest BCUT2D eigenvalue weighted by atomic mass is 16.6. The zero-order chi connectivity index (χ0) is 11.8. The van der Waals surface area contributed by atoms with E-state index < -0.39 is 0 Å². The van der Waals surface area contributed by atoms with Gasteiger partial charge < -0.3 is 4.74 Å². The van der Waals surface area contributed by atoms with Gasteiger partial charge in [-0.15, -0.1) is 0 Å². The Morgan fingerprint density at radius 1 is 1.31 bits per heavy atom. The van der Waals surface area contributed by atoms with Crippen molar-refractivity contribution in [2.24, 2.45) is 0 Å². The van der Waals surface area contributed by atoms with Gasteiger partial charge in [-0.2, -0.15) is 5.48 Å². The molecule has 0 bridgehead atoms. The van der Waals surface area contributed by atoms with Crippen molar-refractivity contribution in [3.63, 3.8) is 0 Å². The third-order valence-corrected chi connectivity index (χ3v) is 1.77. The molecule has 0 fully saturated rings. The van der Waals surface area contributed by atoms with Crippen molar-refractivity contribution in [2.45, 2.75) is 26.6 Å². The summed E-state index contributed by atoms with van der Waals surface area (Å²) in [5.41, 5.74) is 3.61. The Hall–Kier alpha value is -1.39. The Morgan fingerprint density at radius 2 is 2.00 bits per heavy atom. The molecule has 0 aliphatic rings. The first-order valence-electron chi connectivity index (χ1n) is 5.26. The van der Waals surface area contributed by atoms with Crippen molar-refractivity contribution in [1.82, 2.24) is 5.48 Å². The molecule has 1 rings (SSSR count). The first-order chi connectivity index (χ1) is 7.68. The van der Waals surface area contributed by atoms with E-state index in [0.717, 1.165) is 5.56 Å². The summed E-state index contributed by atoms with van der Waals surface area (Å²) in [5, 5.41) is 0. The topological polar surface area (TPSA) is 47.6 Å². The second-order valence-electron chi connectivity index (χ2n) is 3.63. The Balaban J connectivity index is 2.10. The van der Waals surface area contributed by atoms with Crippen molar-refractivity contribution in [3.05, 3.63) is 35.9 Å². The van der Waals surface area contributed by atoms with Gasteiger partial charge in [-0.25, -0.2) is 0 Å². The van der Waals surface area contributed by atoms with E-state index in [1.165, 1.54) is 0 Å². The van der Waals surface area contributed by atoms with Crippen LogP contribution in [0.2, 0.25) is 0 Å². The third-order valence-electron chi connectivity index (χ3n) is 1.77. The fourth-order valence-electron chi connectivity index (χ4n) is 1.12. The van der Waals surface area contributed by atoms with E-state index in [4.69, 9.17) is 9.57 Å². The summed E-state index contributed by atoms with van der Waals surface area (Å²) in [6, 6.07) is 9.72. The normalized spacial score (nSPS) is 10.4. The second kappa shape index (κ2) is 6.98. The van der Waals surface area contributed by atoms with Crippen LogP contribution in [-0.2, 0) is 21.0 Å². The molecule has 0 saturated carbocycles. The maximum atomic E-state index is 11.1. The van der Waals surface area contributed by atoms with Crippen LogP contribution in [0.15, 0.2) is 30.3 Å². The highest BCUT2D eigenvalue weighted by Gasteiger charge is 2.04. The van der Waals surface area contributed by atoms with Crippen LogP contribution in [0.1, 0.15) is 19.4 Å². The Morgan fingerprint density at radius 3 is 2.62 bits per heavy atom. The van der Waals surface area contributed by atoms with Gasteiger partial charge >= 0.3 is 5.97 Å². The van der Waals surface area contributed by atoms with Gasteiger partial charge in [0.05, 0.1) is 12.7 Å². The SMILES string of the molecule is CC(C)OC(=O)CNOCc1ccccc1. The van der Waals surface area contributed by atoms with Crippen molar-refractivity contribution in [3.8, 4) is 0 Å². The molecule has 0 heterocycles. The average Bonchev–Trinajstić information content (AvgIpc) is 2.25. The van der Waals surface area contributed by atoms with E-state index in [-0.39, 0.29) is 18.6 Å². The van der Waals surface area contributed by atoms with E-state index in [2.05, 4.69) is 5.48 Å². The molecule has 4 nitrogen and oxygen atoms in total. The van der Waals surface area contributed by atoms with Gasteiger partial charge in [0, 0.05) is 0 Å². The minimum atomic E-state index is -0.317. The molecule has 4 heteroatoms. The fraction of sp³-hybridized carbons (Fsp3) is 0.417. The Bertz CT molecular complexity index is 311. The van der Waals surface area contributed by atoms with Crippen LogP contribution in [0, 0.1) is 0 Å². The number of ether oxygens (including phenoxy) is 1. The van der Waals surface area contributed by atoms with Crippen molar-refractivity contribution in [2.75, 3.05) is 6.54 Å². The molecule has 0 aliphatic heterocycles. The van der Waals surface area contributed by atoms with E-state index in [0.29, 0.717) is 6.61 Å². The third kappa shape index (κ3) is 5.48. The van der Waals surface area contributed by atoms with E-state index in [1.807, 2.05) is 44.2 Å². The van der Waals surface area contributed by atoms with Crippen LogP contribution >= 0.6 is 0 Å². The lowest BCUT2D eigenvalue weighted by molar-refractivity contribution is -0.149. The van der Waals surface area contributed by atoms with Crippen molar-refractivity contribution < 1.29 is 14.4 Å². The Labute approximate surface area is 95.5 Å². The first kappa shape index (κ1) is 12.7. The van der Waals surface area contributed by atoms with Gasteiger partial charge in [-0.1, -0.05) is 30.3 Å². The smallest absolute Gasteiger partial charge is 0.322 e. The summed E-state index contributed by atoms with van der Waals surface area (Å²) in [4.78, 5) is 16.2. The van der Waals surface area contributed by atoms with Gasteiger partial charge in [0.25, 0.3) is 0 Å². The van der Waals surface area contributed by atoms with Crippen molar-refractivity contribution in [1.29, 1.82) is 0 Å². The molecule has 1 N–H and O–H groups in total. The molecule has 1 aromatic carbocycles. The monoisotopic (exact) mass is 223 g/mol. The first-order valence-corrected chi connectivity index (χ1v) is 5.26. The molecular weight excluding hydrogens is 206 g/mol. The molecule has 0 saturated heterocycles. The summed E-state index contributed by atoms with van der Waals surface area (Å²) >= 11 is 0. The molecule has 0 amide bonds. The van der Waals surface area contributed by atoms with E-state index >= 15 is 0 Å². The van der Waals surface area contributed by atoms with Crippen LogP contribution < -0.4 is 5.48 Å². The molecule has 88 valence electrons. The van der Waals surface area contributed by atoms with Crippen LogP contribution in [0.5, 0.6) is 0 Å². The molecule has 0 spiro atoms. The number of hydrogen-bond acceptors (Lipinski definition) is 4. The lowest BCUT2D eigenvalue weighted by atomic mass is 10.2. The molecule has 0 aromatic heterocycles. The summed E-state index contributed by atoms with van der Waals surface area (Å²) in [7, 11) is 0. The summed E-state index contributed by atoms with van der Waals surface area (Å²) in [6.45, 7) is 4.10. The standard InChI is InChI=1S/C12H17NO3/c1-10(2)16-12(14)8-13-15-9-11-6-4-3-5-7-11/h3-7,10,13H,8-9H2,1-2H3. The fourth-order valence-corrected chi connectivity index (χ4v) is 1.12. The number of esters is 1. The lowest BCUT2D eigenvalue weighted by Gasteiger charge is -2.08. The lowest BCUT2D eigenvalue weighted by Crippen LogP contribution is -2.26. The molecule has 0 radical (unpaired) electrons. The zero-order valence-electron chi connectivity index (χ0n) is 9.60. The highest BCUT2D eigenvalue weighted by molar-refractivity contribution is 5.71. The maximum absolute atomic E-state index is 11.1. The van der Waals surface area contributed by atoms with Gasteiger partial charge in [-0.3, -0.25) is 9.63 Å². The molecule has 0 aliphatic carbocycles. The number of carbonyl (C=O) groups excluding carboxylic acids is 1. The summed E-state index contributed by atoms with van der Waals surface area (Å²) in [5.74, 6) is -0.317. The van der Waals surface area contributed by atoms with E-state index in [1.54, 1.807) is 0 Å². The molecule has 0 unspecified atom stereocenters. The number of carbonyl (C=O) groups is 1. The quantitative estimate of drug-likeness (QED) is 0.452. The minimum absolute atomic E-state index is 0.0605. The van der Waals surface area contributed by atoms with Gasteiger partial charge in [-0.05, 0) is 19.4 Å².